The van der Waals surface area contributed by atoms with Crippen LogP contribution in [0, 0.1) is 6.92 Å². The summed E-state index contributed by atoms with van der Waals surface area (Å²) >= 11 is 0. The van der Waals surface area contributed by atoms with Gasteiger partial charge in [0.05, 0.1) is 17.9 Å². The van der Waals surface area contributed by atoms with E-state index in [1.54, 1.807) is 19.9 Å². The number of carbonyl (C=O) groups is 1. The van der Waals surface area contributed by atoms with Crippen LogP contribution in [0.4, 0.5) is 19.0 Å². The number of hydrogen-bond donors (Lipinski definition) is 3. The van der Waals surface area contributed by atoms with Crippen LogP contribution in [0.2, 0.25) is 0 Å². The Labute approximate surface area is 171 Å². The summed E-state index contributed by atoms with van der Waals surface area (Å²) in [5.74, 6) is -0.263. The summed E-state index contributed by atoms with van der Waals surface area (Å²) in [5.41, 5.74) is 0.196. The Bertz CT molecular complexity index is 913. The molecule has 1 saturated heterocycles. The first-order chi connectivity index (χ1) is 14.2. The lowest BCUT2D eigenvalue weighted by atomic mass is 10.0. The minimum Gasteiger partial charge on any atom is -0.507 e. The third kappa shape index (κ3) is 4.99. The van der Waals surface area contributed by atoms with Gasteiger partial charge in [0.2, 0.25) is 0 Å². The number of phenols is 1. The molecule has 1 aliphatic rings. The van der Waals surface area contributed by atoms with Crippen LogP contribution in [0.3, 0.4) is 0 Å². The normalized spacial score (nSPS) is 19.4. The first kappa shape index (κ1) is 21.8. The quantitative estimate of drug-likeness (QED) is 0.634. The van der Waals surface area contributed by atoms with Gasteiger partial charge in [-0.3, -0.25) is 4.79 Å². The average molecular weight is 424 g/mol. The lowest BCUT2D eigenvalue weighted by Crippen LogP contribution is -2.49. The predicted molar refractivity (Wildman–Crippen MR) is 104 cm³/mol. The molecular formula is C20H23F3N4O3. The molecule has 0 radical (unpaired) electrons. The highest BCUT2D eigenvalue weighted by Crippen LogP contribution is 2.36. The second-order valence-electron chi connectivity index (χ2n) is 7.12. The average Bonchev–Trinajstić information content (AvgIpc) is 2.68. The Balaban J connectivity index is 1.67. The van der Waals surface area contributed by atoms with E-state index in [0.29, 0.717) is 42.7 Å². The number of piperidine rings is 1. The Morgan fingerprint density at radius 1 is 1.30 bits per heavy atom. The molecule has 0 saturated carbocycles. The number of phenolic OH excluding ortho intramolecular Hbond substituents is 1. The van der Waals surface area contributed by atoms with Crippen molar-refractivity contribution >= 4 is 11.8 Å². The molecule has 0 unspecified atom stereocenters. The fraction of sp³-hybridized carbons (Fsp3) is 0.450. The second kappa shape index (κ2) is 8.86. The molecule has 2 aromatic rings. The molecule has 7 nitrogen and oxygen atoms in total. The Morgan fingerprint density at radius 2 is 2.07 bits per heavy atom. The van der Waals surface area contributed by atoms with Crippen LogP contribution in [0.1, 0.15) is 30.9 Å². The van der Waals surface area contributed by atoms with Gasteiger partial charge in [0, 0.05) is 18.2 Å². The second-order valence-corrected chi connectivity index (χ2v) is 7.12. The SMILES string of the molecule is CCOC(=O)[C@H]1CC[C@@H](Nc2cc(C)c(-c3ccc(C(F)(F)F)cc3O)nn2)CN1. The van der Waals surface area contributed by atoms with Crippen molar-refractivity contribution in [3.63, 3.8) is 0 Å². The van der Waals surface area contributed by atoms with E-state index in [-0.39, 0.29) is 23.6 Å². The number of esters is 1. The highest BCUT2D eigenvalue weighted by molar-refractivity contribution is 5.76. The molecule has 0 aliphatic carbocycles. The van der Waals surface area contributed by atoms with E-state index in [1.165, 1.54) is 6.07 Å². The molecule has 3 N–H and O–H groups in total. The summed E-state index contributed by atoms with van der Waals surface area (Å²) < 4.78 is 43.4. The van der Waals surface area contributed by atoms with Crippen molar-refractivity contribution in [2.45, 2.75) is 44.9 Å². The number of alkyl halides is 3. The van der Waals surface area contributed by atoms with Crippen molar-refractivity contribution in [3.05, 3.63) is 35.4 Å². The molecule has 2 heterocycles. The van der Waals surface area contributed by atoms with Crippen molar-refractivity contribution < 1.29 is 27.8 Å². The van der Waals surface area contributed by atoms with E-state index in [4.69, 9.17) is 4.74 Å². The molecule has 10 heteroatoms. The standard InChI is InChI=1S/C20H23F3N4O3/c1-3-30-19(29)15-7-5-13(10-24-15)25-17-8-11(2)18(27-26-17)14-6-4-12(9-16(14)28)20(21,22)23/h4,6,8-9,13,15,24,28H,3,5,7,10H2,1-2H3,(H,25,26)/t13-,15-/m1/s1. The smallest absolute Gasteiger partial charge is 0.416 e. The van der Waals surface area contributed by atoms with Gasteiger partial charge in [-0.15, -0.1) is 10.2 Å². The van der Waals surface area contributed by atoms with Gasteiger partial charge in [-0.2, -0.15) is 13.2 Å². The van der Waals surface area contributed by atoms with Gasteiger partial charge in [0.25, 0.3) is 0 Å². The van der Waals surface area contributed by atoms with E-state index in [0.717, 1.165) is 12.5 Å². The van der Waals surface area contributed by atoms with Crippen molar-refractivity contribution in [2.75, 3.05) is 18.5 Å². The molecule has 0 spiro atoms. The van der Waals surface area contributed by atoms with Gasteiger partial charge in [-0.25, -0.2) is 0 Å². The highest BCUT2D eigenvalue weighted by atomic mass is 19.4. The Morgan fingerprint density at radius 3 is 2.63 bits per heavy atom. The van der Waals surface area contributed by atoms with Crippen LogP contribution in [0.25, 0.3) is 11.3 Å². The molecule has 1 aromatic carbocycles. The number of aromatic nitrogens is 2. The zero-order valence-electron chi connectivity index (χ0n) is 16.6. The molecule has 1 fully saturated rings. The maximum Gasteiger partial charge on any atom is 0.416 e. The number of nitrogens with one attached hydrogen (secondary N) is 2. The molecule has 1 aromatic heterocycles. The van der Waals surface area contributed by atoms with Gasteiger partial charge in [0.1, 0.15) is 17.6 Å². The monoisotopic (exact) mass is 424 g/mol. The van der Waals surface area contributed by atoms with Gasteiger partial charge < -0.3 is 20.5 Å². The maximum absolute atomic E-state index is 12.8. The number of anilines is 1. The number of carbonyl (C=O) groups excluding carboxylic acids is 1. The van der Waals surface area contributed by atoms with Crippen LogP contribution in [0.15, 0.2) is 24.3 Å². The van der Waals surface area contributed by atoms with Gasteiger partial charge in [-0.1, -0.05) is 0 Å². The summed E-state index contributed by atoms with van der Waals surface area (Å²) in [5, 5.41) is 24.6. The Kier molecular flexibility index (Phi) is 6.45. The molecule has 1 aliphatic heterocycles. The molecule has 30 heavy (non-hydrogen) atoms. The summed E-state index contributed by atoms with van der Waals surface area (Å²) in [4.78, 5) is 11.8. The van der Waals surface area contributed by atoms with Crippen LogP contribution in [-0.4, -0.2) is 46.5 Å². The summed E-state index contributed by atoms with van der Waals surface area (Å²) in [6.45, 7) is 4.39. The van der Waals surface area contributed by atoms with Crippen molar-refractivity contribution in [3.8, 4) is 17.0 Å². The highest BCUT2D eigenvalue weighted by Gasteiger charge is 2.31. The molecule has 0 bridgehead atoms. The zero-order chi connectivity index (χ0) is 21.9. The number of benzene rings is 1. The number of aromatic hydroxyl groups is 1. The number of rotatable bonds is 5. The van der Waals surface area contributed by atoms with Crippen molar-refractivity contribution in [2.24, 2.45) is 0 Å². The first-order valence-corrected chi connectivity index (χ1v) is 9.60. The number of ether oxygens (including phenoxy) is 1. The van der Waals surface area contributed by atoms with Crippen molar-refractivity contribution in [1.29, 1.82) is 0 Å². The Hall–Kier alpha value is -2.88. The molecule has 0 amide bonds. The van der Waals surface area contributed by atoms with E-state index in [9.17, 15) is 23.1 Å². The topological polar surface area (TPSA) is 96.4 Å². The minimum atomic E-state index is -4.54. The maximum atomic E-state index is 12.8. The van der Waals surface area contributed by atoms with E-state index < -0.39 is 17.5 Å². The number of aryl methyl sites for hydroxylation is 1. The largest absolute Gasteiger partial charge is 0.507 e. The summed E-state index contributed by atoms with van der Waals surface area (Å²) in [7, 11) is 0. The van der Waals surface area contributed by atoms with Gasteiger partial charge in [-0.05, 0) is 56.5 Å². The molecule has 162 valence electrons. The lowest BCUT2D eigenvalue weighted by molar-refractivity contribution is -0.146. The third-order valence-corrected chi connectivity index (χ3v) is 4.90. The fourth-order valence-electron chi connectivity index (χ4n) is 3.36. The van der Waals surface area contributed by atoms with Crippen LogP contribution in [-0.2, 0) is 15.7 Å². The zero-order valence-corrected chi connectivity index (χ0v) is 16.6. The van der Waals surface area contributed by atoms with E-state index in [2.05, 4.69) is 20.8 Å². The minimum absolute atomic E-state index is 0.0368. The van der Waals surface area contributed by atoms with Crippen molar-refractivity contribution in [1.82, 2.24) is 15.5 Å². The third-order valence-electron chi connectivity index (χ3n) is 4.90. The van der Waals surface area contributed by atoms with Crippen LogP contribution < -0.4 is 10.6 Å². The molecule has 2 atom stereocenters. The van der Waals surface area contributed by atoms with Gasteiger partial charge in [0.15, 0.2) is 0 Å². The van der Waals surface area contributed by atoms with Gasteiger partial charge >= 0.3 is 12.1 Å². The molecule has 3 rings (SSSR count). The van der Waals surface area contributed by atoms with E-state index in [1.807, 2.05) is 0 Å². The fourth-order valence-corrected chi connectivity index (χ4v) is 3.36. The number of hydrogen-bond acceptors (Lipinski definition) is 7. The van der Waals surface area contributed by atoms with Crippen LogP contribution in [0.5, 0.6) is 5.75 Å². The first-order valence-electron chi connectivity index (χ1n) is 9.60. The number of nitrogens with zero attached hydrogens (tertiary/aromatic N) is 2. The van der Waals surface area contributed by atoms with E-state index >= 15 is 0 Å². The lowest BCUT2D eigenvalue weighted by Gasteiger charge is -2.29. The molecular weight excluding hydrogens is 401 g/mol. The number of halogens is 3. The predicted octanol–water partition coefficient (Wildman–Crippen LogP) is 3.27. The summed E-state index contributed by atoms with van der Waals surface area (Å²) in [6, 6.07) is 4.20. The summed E-state index contributed by atoms with van der Waals surface area (Å²) in [6.07, 6.45) is -3.18. The van der Waals surface area contributed by atoms with Crippen LogP contribution >= 0.6 is 0 Å².